The highest BCUT2D eigenvalue weighted by Crippen LogP contribution is 2.54. The molecule has 148 valence electrons. The summed E-state index contributed by atoms with van der Waals surface area (Å²) in [5, 5.41) is 6.12. The van der Waals surface area contributed by atoms with Gasteiger partial charge in [-0.05, 0) is 33.3 Å². The number of rotatable bonds is 3. The third-order valence-corrected chi connectivity index (χ3v) is 5.99. The topological polar surface area (TPSA) is 122 Å². The number of amides is 4. The average molecular weight is 384 g/mol. The zero-order valence-corrected chi connectivity index (χ0v) is 16.1. The highest BCUT2D eigenvalue weighted by molar-refractivity contribution is 6.15. The van der Waals surface area contributed by atoms with Gasteiger partial charge in [-0.25, -0.2) is 0 Å². The van der Waals surface area contributed by atoms with Crippen LogP contribution in [0.15, 0.2) is 24.3 Å². The first kappa shape index (κ1) is 18.6. The molecule has 4 rings (SSSR count). The smallest absolute Gasteiger partial charge is 0.250 e. The fourth-order valence-electron chi connectivity index (χ4n) is 4.97. The van der Waals surface area contributed by atoms with Gasteiger partial charge in [0.25, 0.3) is 0 Å². The molecule has 2 fully saturated rings. The number of nitrogens with zero attached hydrogens (tertiary/aromatic N) is 1. The first-order valence-corrected chi connectivity index (χ1v) is 9.44. The van der Waals surface area contributed by atoms with E-state index in [4.69, 9.17) is 5.73 Å². The van der Waals surface area contributed by atoms with E-state index in [9.17, 15) is 19.2 Å². The monoisotopic (exact) mass is 384 g/mol. The fourth-order valence-corrected chi connectivity index (χ4v) is 4.97. The van der Waals surface area contributed by atoms with E-state index >= 15 is 0 Å². The summed E-state index contributed by atoms with van der Waals surface area (Å²) >= 11 is 0. The number of para-hydroxylation sites is 1. The molecule has 1 aromatic rings. The summed E-state index contributed by atoms with van der Waals surface area (Å²) < 4.78 is 0. The molecule has 1 aromatic carbocycles. The highest BCUT2D eigenvalue weighted by Gasteiger charge is 2.71. The Morgan fingerprint density at radius 3 is 2.50 bits per heavy atom. The van der Waals surface area contributed by atoms with Gasteiger partial charge in [0.1, 0.15) is 5.54 Å². The summed E-state index contributed by atoms with van der Waals surface area (Å²) in [6.45, 7) is 5.39. The Labute approximate surface area is 162 Å². The van der Waals surface area contributed by atoms with Crippen molar-refractivity contribution < 1.29 is 19.2 Å². The number of nitrogens with two attached hydrogens (primary N) is 1. The zero-order valence-electron chi connectivity index (χ0n) is 16.1. The summed E-state index contributed by atoms with van der Waals surface area (Å²) in [4.78, 5) is 52.5. The van der Waals surface area contributed by atoms with Gasteiger partial charge < -0.3 is 11.1 Å². The number of primary amides is 1. The molecule has 0 aliphatic carbocycles. The molecular formula is C20H24N4O4. The Hall–Kier alpha value is -2.74. The van der Waals surface area contributed by atoms with Gasteiger partial charge in [0.05, 0.1) is 11.8 Å². The quantitative estimate of drug-likeness (QED) is 0.654. The van der Waals surface area contributed by atoms with Crippen LogP contribution < -0.4 is 16.4 Å². The van der Waals surface area contributed by atoms with E-state index in [-0.39, 0.29) is 30.6 Å². The van der Waals surface area contributed by atoms with Crippen LogP contribution in [0.1, 0.15) is 39.2 Å². The molecule has 3 aliphatic heterocycles. The lowest BCUT2D eigenvalue weighted by atomic mass is 9.76. The zero-order chi connectivity index (χ0) is 20.4. The van der Waals surface area contributed by atoms with Gasteiger partial charge in [0.15, 0.2) is 0 Å². The van der Waals surface area contributed by atoms with E-state index in [0.717, 1.165) is 0 Å². The predicted molar refractivity (Wildman–Crippen MR) is 101 cm³/mol. The number of hydrogen-bond acceptors (Lipinski definition) is 5. The lowest BCUT2D eigenvalue weighted by Crippen LogP contribution is -2.55. The molecule has 0 saturated carbocycles. The number of anilines is 1. The van der Waals surface area contributed by atoms with Crippen molar-refractivity contribution in [3.05, 3.63) is 29.8 Å². The van der Waals surface area contributed by atoms with Gasteiger partial charge in [0.2, 0.25) is 23.6 Å². The number of carbonyl (C=O) groups is 4. The van der Waals surface area contributed by atoms with Gasteiger partial charge in [-0.15, -0.1) is 0 Å². The van der Waals surface area contributed by atoms with Crippen molar-refractivity contribution in [2.75, 3.05) is 5.32 Å². The van der Waals surface area contributed by atoms with Crippen LogP contribution in [-0.4, -0.2) is 40.1 Å². The van der Waals surface area contributed by atoms with Gasteiger partial charge in [-0.2, -0.15) is 0 Å². The highest BCUT2D eigenvalue weighted by atomic mass is 16.2. The minimum Gasteiger partial charge on any atom is -0.370 e. The summed E-state index contributed by atoms with van der Waals surface area (Å²) in [7, 11) is 0. The lowest BCUT2D eigenvalue weighted by molar-refractivity contribution is -0.148. The van der Waals surface area contributed by atoms with Gasteiger partial charge in [-0.1, -0.05) is 18.2 Å². The molecule has 3 heterocycles. The summed E-state index contributed by atoms with van der Waals surface area (Å²) in [6, 6.07) is 6.68. The van der Waals surface area contributed by atoms with E-state index < -0.39 is 34.9 Å². The van der Waals surface area contributed by atoms with Gasteiger partial charge >= 0.3 is 0 Å². The number of hydrogen-bond donors (Lipinski definition) is 3. The Morgan fingerprint density at radius 1 is 1.18 bits per heavy atom. The Bertz CT molecular complexity index is 906. The fraction of sp³-hybridized carbons (Fsp3) is 0.500. The third-order valence-electron chi connectivity index (χ3n) is 5.99. The second kappa shape index (κ2) is 5.88. The maximum Gasteiger partial charge on any atom is 0.250 e. The van der Waals surface area contributed by atoms with Gasteiger partial charge in [0, 0.05) is 29.3 Å². The van der Waals surface area contributed by atoms with E-state index in [2.05, 4.69) is 10.6 Å². The number of fused-ring (bicyclic) bond motifs is 4. The lowest BCUT2D eigenvalue weighted by Gasteiger charge is -2.34. The number of imide groups is 1. The number of benzene rings is 1. The van der Waals surface area contributed by atoms with Crippen LogP contribution in [-0.2, 0) is 24.7 Å². The minimum absolute atomic E-state index is 0.0667. The molecule has 4 unspecified atom stereocenters. The van der Waals surface area contributed by atoms with E-state index in [1.165, 1.54) is 4.90 Å². The molecule has 4 atom stereocenters. The molecule has 3 aliphatic rings. The van der Waals surface area contributed by atoms with Crippen LogP contribution in [0, 0.1) is 11.8 Å². The summed E-state index contributed by atoms with van der Waals surface area (Å²) in [5.74, 6) is -3.08. The van der Waals surface area contributed by atoms with Crippen LogP contribution in [0.4, 0.5) is 5.69 Å². The van der Waals surface area contributed by atoms with Gasteiger partial charge in [-0.3, -0.25) is 29.4 Å². The Balaban J connectivity index is 1.86. The second-order valence-corrected chi connectivity index (χ2v) is 8.75. The molecule has 0 bridgehead atoms. The van der Waals surface area contributed by atoms with E-state index in [0.29, 0.717) is 11.3 Å². The minimum atomic E-state index is -1.32. The van der Waals surface area contributed by atoms with Crippen molar-refractivity contribution >= 4 is 29.3 Å². The SMILES string of the molecule is CC(C)(C)N1C(=O)C2C(CCC(N)=O)NC3(C(=O)Nc4ccccc43)C2C1=O. The van der Waals surface area contributed by atoms with E-state index in [1.54, 1.807) is 45.0 Å². The Kier molecular flexibility index (Phi) is 3.91. The predicted octanol–water partition coefficient (Wildman–Crippen LogP) is 0.471. The van der Waals surface area contributed by atoms with Crippen molar-refractivity contribution in [1.29, 1.82) is 0 Å². The largest absolute Gasteiger partial charge is 0.370 e. The second-order valence-electron chi connectivity index (χ2n) is 8.75. The number of carbonyl (C=O) groups excluding carboxylic acids is 4. The maximum absolute atomic E-state index is 13.4. The average Bonchev–Trinajstić information content (AvgIpc) is 3.17. The van der Waals surface area contributed by atoms with Crippen LogP contribution in [0.2, 0.25) is 0 Å². The van der Waals surface area contributed by atoms with Crippen LogP contribution in [0.3, 0.4) is 0 Å². The molecule has 4 N–H and O–H groups in total. The van der Waals surface area contributed by atoms with Crippen molar-refractivity contribution in [2.45, 2.75) is 50.7 Å². The van der Waals surface area contributed by atoms with E-state index in [1.807, 2.05) is 0 Å². The van der Waals surface area contributed by atoms with Crippen LogP contribution >= 0.6 is 0 Å². The standard InChI is InChI=1S/C20H24N4O4/c1-19(2,3)24-16(26)14-12(8-9-13(21)25)23-20(15(14)17(24)27)10-6-4-5-7-11(10)22-18(20)28/h4-7,12,14-15,23H,8-9H2,1-3H3,(H2,21,25)(H,22,28). The molecule has 8 nitrogen and oxygen atoms in total. The molecule has 8 heteroatoms. The van der Waals surface area contributed by atoms with Crippen LogP contribution in [0.25, 0.3) is 0 Å². The van der Waals surface area contributed by atoms with Crippen LogP contribution in [0.5, 0.6) is 0 Å². The molecular weight excluding hydrogens is 360 g/mol. The van der Waals surface area contributed by atoms with Crippen molar-refractivity contribution in [3.63, 3.8) is 0 Å². The number of likely N-dealkylation sites (tertiary alicyclic amines) is 1. The Morgan fingerprint density at radius 2 is 1.86 bits per heavy atom. The molecule has 1 spiro atoms. The third kappa shape index (κ3) is 2.33. The number of nitrogens with one attached hydrogen (secondary N) is 2. The summed E-state index contributed by atoms with van der Waals surface area (Å²) in [5.41, 5.74) is 4.57. The maximum atomic E-state index is 13.4. The normalized spacial score (nSPS) is 31.3. The first-order valence-electron chi connectivity index (χ1n) is 9.44. The van der Waals surface area contributed by atoms with Crippen molar-refractivity contribution in [3.8, 4) is 0 Å². The summed E-state index contributed by atoms with van der Waals surface area (Å²) in [6.07, 6.45) is 0.349. The first-order chi connectivity index (χ1) is 13.1. The molecule has 28 heavy (non-hydrogen) atoms. The molecule has 4 amide bonds. The molecule has 2 saturated heterocycles. The van der Waals surface area contributed by atoms with Crippen molar-refractivity contribution in [2.24, 2.45) is 17.6 Å². The molecule has 0 radical (unpaired) electrons. The molecule has 0 aromatic heterocycles. The van der Waals surface area contributed by atoms with Crippen molar-refractivity contribution in [1.82, 2.24) is 10.2 Å².